The van der Waals surface area contributed by atoms with E-state index >= 15 is 0 Å². The van der Waals surface area contributed by atoms with Crippen LogP contribution in [0.4, 0.5) is 5.13 Å². The molecule has 1 aliphatic heterocycles. The highest BCUT2D eigenvalue weighted by Crippen LogP contribution is 2.29. The van der Waals surface area contributed by atoms with Crippen molar-refractivity contribution in [1.82, 2.24) is 4.98 Å². The molecule has 0 aliphatic carbocycles. The number of morpholine rings is 1. The molecule has 0 N–H and O–H groups in total. The molecule has 1 aromatic carbocycles. The fraction of sp³-hybridized carbons (Fsp3) is 0.235. The molecule has 5 heteroatoms. The number of benzene rings is 1. The molecule has 0 bridgehead atoms. The molecule has 2 aromatic heterocycles. The van der Waals surface area contributed by atoms with Crippen LogP contribution in [0.2, 0.25) is 0 Å². The molecule has 0 radical (unpaired) electrons. The molecular formula is C17H16N2O2S. The first-order valence-electron chi connectivity index (χ1n) is 7.33. The predicted octanol–water partition coefficient (Wildman–Crippen LogP) is 3.91. The number of hydrogen-bond donors (Lipinski definition) is 0. The average Bonchev–Trinajstić information content (AvgIpc) is 3.28. The van der Waals surface area contributed by atoms with Crippen molar-refractivity contribution in [3.63, 3.8) is 0 Å². The van der Waals surface area contributed by atoms with Gasteiger partial charge in [0.15, 0.2) is 5.13 Å². The van der Waals surface area contributed by atoms with E-state index in [1.807, 2.05) is 12.1 Å². The summed E-state index contributed by atoms with van der Waals surface area (Å²) in [4.78, 5) is 7.05. The largest absolute Gasteiger partial charge is 0.464 e. The van der Waals surface area contributed by atoms with Crippen LogP contribution in [-0.4, -0.2) is 31.3 Å². The first-order chi connectivity index (χ1) is 10.9. The Hall–Kier alpha value is -2.11. The van der Waals surface area contributed by atoms with Crippen LogP contribution in [0.25, 0.3) is 22.6 Å². The van der Waals surface area contributed by atoms with Crippen LogP contribution in [0.15, 0.2) is 52.5 Å². The Morgan fingerprint density at radius 1 is 1.00 bits per heavy atom. The third kappa shape index (κ3) is 2.65. The summed E-state index contributed by atoms with van der Waals surface area (Å²) >= 11 is 1.69. The summed E-state index contributed by atoms with van der Waals surface area (Å²) in [7, 11) is 0. The molecule has 4 rings (SSSR count). The fourth-order valence-electron chi connectivity index (χ4n) is 2.54. The highest BCUT2D eigenvalue weighted by molar-refractivity contribution is 7.14. The van der Waals surface area contributed by atoms with E-state index in [1.165, 1.54) is 0 Å². The minimum absolute atomic E-state index is 0.784. The first kappa shape index (κ1) is 13.5. The number of anilines is 1. The fourth-order valence-corrected chi connectivity index (χ4v) is 3.43. The van der Waals surface area contributed by atoms with Gasteiger partial charge in [-0.1, -0.05) is 24.3 Å². The van der Waals surface area contributed by atoms with Crippen molar-refractivity contribution in [3.8, 4) is 22.6 Å². The SMILES string of the molecule is c1coc(-c2ccc(-c3csc(N4CCOCC4)n3)cc2)c1. The van der Waals surface area contributed by atoms with Crippen molar-refractivity contribution in [2.45, 2.75) is 0 Å². The van der Waals surface area contributed by atoms with Crippen LogP contribution in [-0.2, 0) is 4.74 Å². The molecule has 4 nitrogen and oxygen atoms in total. The second-order valence-corrected chi connectivity index (χ2v) is 6.01. The standard InChI is InChI=1S/C17H16N2O2S/c1-2-16(21-9-1)14-5-3-13(4-6-14)15-12-22-17(18-15)19-7-10-20-11-8-19/h1-6,9,12H,7-8,10-11H2. The number of thiazole rings is 1. The Morgan fingerprint density at radius 2 is 1.77 bits per heavy atom. The summed E-state index contributed by atoms with van der Waals surface area (Å²) in [6.07, 6.45) is 1.69. The second-order valence-electron chi connectivity index (χ2n) is 5.17. The molecule has 1 aliphatic rings. The van der Waals surface area contributed by atoms with Crippen molar-refractivity contribution in [2.24, 2.45) is 0 Å². The second kappa shape index (κ2) is 5.94. The number of aromatic nitrogens is 1. The van der Waals surface area contributed by atoms with E-state index in [0.29, 0.717) is 0 Å². The summed E-state index contributed by atoms with van der Waals surface area (Å²) in [6, 6.07) is 12.2. The van der Waals surface area contributed by atoms with Crippen molar-refractivity contribution >= 4 is 16.5 Å². The molecule has 0 unspecified atom stereocenters. The van der Waals surface area contributed by atoms with Crippen LogP contribution in [0, 0.1) is 0 Å². The zero-order valence-corrected chi connectivity index (χ0v) is 12.9. The molecule has 22 heavy (non-hydrogen) atoms. The molecular weight excluding hydrogens is 296 g/mol. The summed E-state index contributed by atoms with van der Waals surface area (Å²) in [5.74, 6) is 0.888. The van der Waals surface area contributed by atoms with Gasteiger partial charge in [-0.2, -0.15) is 0 Å². The molecule has 0 atom stereocenters. The summed E-state index contributed by atoms with van der Waals surface area (Å²) in [5, 5.41) is 3.19. The van der Waals surface area contributed by atoms with Crippen molar-refractivity contribution in [3.05, 3.63) is 48.0 Å². The quantitative estimate of drug-likeness (QED) is 0.735. The Labute approximate surface area is 133 Å². The van der Waals surface area contributed by atoms with Gasteiger partial charge in [0.25, 0.3) is 0 Å². The van der Waals surface area contributed by atoms with Gasteiger partial charge in [0.2, 0.25) is 0 Å². The number of ether oxygens (including phenoxy) is 1. The third-order valence-corrected chi connectivity index (χ3v) is 4.66. The Kier molecular flexibility index (Phi) is 3.66. The summed E-state index contributed by atoms with van der Waals surface area (Å²) in [6.45, 7) is 3.41. The van der Waals surface area contributed by atoms with Crippen molar-refractivity contribution in [1.29, 1.82) is 0 Å². The van der Waals surface area contributed by atoms with Crippen LogP contribution >= 0.6 is 11.3 Å². The first-order valence-corrected chi connectivity index (χ1v) is 8.21. The van der Waals surface area contributed by atoms with Gasteiger partial charge >= 0.3 is 0 Å². The monoisotopic (exact) mass is 312 g/mol. The van der Waals surface area contributed by atoms with Gasteiger partial charge in [0.05, 0.1) is 25.2 Å². The summed E-state index contributed by atoms with van der Waals surface area (Å²) < 4.78 is 10.8. The smallest absolute Gasteiger partial charge is 0.186 e. The number of hydrogen-bond acceptors (Lipinski definition) is 5. The van der Waals surface area contributed by atoms with Crippen LogP contribution < -0.4 is 4.90 Å². The number of rotatable bonds is 3. The van der Waals surface area contributed by atoms with E-state index in [-0.39, 0.29) is 0 Å². The topological polar surface area (TPSA) is 38.5 Å². The zero-order chi connectivity index (χ0) is 14.8. The Balaban J connectivity index is 1.55. The Morgan fingerprint density at radius 3 is 2.50 bits per heavy atom. The van der Waals surface area contributed by atoms with Crippen molar-refractivity contribution in [2.75, 3.05) is 31.2 Å². The maximum absolute atomic E-state index is 5.42. The molecule has 0 amide bonds. The van der Waals surface area contributed by atoms with Gasteiger partial charge in [-0.15, -0.1) is 11.3 Å². The van der Waals surface area contributed by atoms with E-state index in [9.17, 15) is 0 Å². The highest BCUT2D eigenvalue weighted by Gasteiger charge is 2.15. The highest BCUT2D eigenvalue weighted by atomic mass is 32.1. The lowest BCUT2D eigenvalue weighted by molar-refractivity contribution is 0.122. The van der Waals surface area contributed by atoms with Crippen molar-refractivity contribution < 1.29 is 9.15 Å². The van der Waals surface area contributed by atoms with Gasteiger partial charge < -0.3 is 14.1 Å². The minimum atomic E-state index is 0.784. The lowest BCUT2D eigenvalue weighted by Gasteiger charge is -2.26. The van der Waals surface area contributed by atoms with Crippen LogP contribution in [0.1, 0.15) is 0 Å². The minimum Gasteiger partial charge on any atom is -0.464 e. The molecule has 1 saturated heterocycles. The molecule has 3 aromatic rings. The van der Waals surface area contributed by atoms with Gasteiger partial charge in [-0.3, -0.25) is 0 Å². The summed E-state index contributed by atoms with van der Waals surface area (Å²) in [5.41, 5.74) is 3.24. The van der Waals surface area contributed by atoms with Gasteiger partial charge in [0.1, 0.15) is 5.76 Å². The number of furan rings is 1. The van der Waals surface area contributed by atoms with Gasteiger partial charge in [-0.05, 0) is 12.1 Å². The van der Waals surface area contributed by atoms with E-state index in [1.54, 1.807) is 17.6 Å². The normalized spacial score (nSPS) is 15.2. The van der Waals surface area contributed by atoms with Crippen LogP contribution in [0.5, 0.6) is 0 Å². The third-order valence-electron chi connectivity index (χ3n) is 3.76. The lowest BCUT2D eigenvalue weighted by Crippen LogP contribution is -2.36. The Bertz CT molecular complexity index is 728. The molecule has 0 saturated carbocycles. The van der Waals surface area contributed by atoms with E-state index in [4.69, 9.17) is 14.1 Å². The molecule has 112 valence electrons. The van der Waals surface area contributed by atoms with E-state index < -0.39 is 0 Å². The lowest BCUT2D eigenvalue weighted by atomic mass is 10.1. The van der Waals surface area contributed by atoms with Gasteiger partial charge in [0, 0.05) is 29.6 Å². The predicted molar refractivity (Wildman–Crippen MR) is 88.3 cm³/mol. The maximum atomic E-state index is 5.42. The molecule has 3 heterocycles. The van der Waals surface area contributed by atoms with E-state index in [2.05, 4.69) is 34.5 Å². The maximum Gasteiger partial charge on any atom is 0.186 e. The van der Waals surface area contributed by atoms with Gasteiger partial charge in [-0.25, -0.2) is 4.98 Å². The molecule has 1 fully saturated rings. The van der Waals surface area contributed by atoms with E-state index in [0.717, 1.165) is 54.0 Å². The number of nitrogens with zero attached hydrogens (tertiary/aromatic N) is 2. The average molecular weight is 312 g/mol. The zero-order valence-electron chi connectivity index (χ0n) is 12.1. The molecule has 0 spiro atoms. The van der Waals surface area contributed by atoms with Crippen LogP contribution in [0.3, 0.4) is 0 Å².